The number of alkyl halides is 3. The van der Waals surface area contributed by atoms with E-state index in [4.69, 9.17) is 16.0 Å². The zero-order chi connectivity index (χ0) is 21.5. The highest BCUT2D eigenvalue weighted by Gasteiger charge is 2.41. The van der Waals surface area contributed by atoms with Gasteiger partial charge in [-0.3, -0.25) is 10.1 Å². The molecule has 30 heavy (non-hydrogen) atoms. The van der Waals surface area contributed by atoms with Crippen LogP contribution < -0.4 is 10.1 Å². The maximum Gasteiger partial charge on any atom is 0.418 e. The maximum atomic E-state index is 13.4. The molecule has 0 bridgehead atoms. The van der Waals surface area contributed by atoms with Gasteiger partial charge in [0.15, 0.2) is 11.8 Å². The van der Waals surface area contributed by atoms with Gasteiger partial charge in [-0.25, -0.2) is 9.64 Å². The molecule has 0 radical (unpaired) electrons. The molecule has 2 aromatic carbocycles. The number of fused-ring (bicyclic) bond motifs is 1. The van der Waals surface area contributed by atoms with E-state index in [1.165, 1.54) is 12.1 Å². The predicted octanol–water partition coefficient (Wildman–Crippen LogP) is 5.10. The molecule has 4 rings (SSSR count). The van der Waals surface area contributed by atoms with Crippen molar-refractivity contribution in [1.82, 2.24) is 5.32 Å². The van der Waals surface area contributed by atoms with E-state index in [0.29, 0.717) is 12.8 Å². The summed E-state index contributed by atoms with van der Waals surface area (Å²) in [5.74, 6) is -1.000. The number of imide groups is 1. The van der Waals surface area contributed by atoms with Gasteiger partial charge in [0.2, 0.25) is 0 Å². The first-order valence-electron chi connectivity index (χ1n) is 9.17. The first-order valence-corrected chi connectivity index (χ1v) is 9.17. The van der Waals surface area contributed by atoms with Crippen LogP contribution in [0.25, 0.3) is 4.85 Å². The standard InChI is InChI=1S/C21H15F3N2O4/c1-25-12-5-8-17(16(10-12)21(22,23)24)29-13-6-7-14-11(9-13)3-2-4-15(14)18-19(27)26-20(28)30-18/h5-10,15,18H,2-4H2,(H,26,27,28)/t15-,18-/m1/s1. The van der Waals surface area contributed by atoms with Crippen molar-refractivity contribution in [3.05, 3.63) is 64.5 Å². The van der Waals surface area contributed by atoms with E-state index in [1.807, 2.05) is 0 Å². The Kier molecular flexibility index (Phi) is 4.86. The van der Waals surface area contributed by atoms with Gasteiger partial charge in [0.1, 0.15) is 11.5 Å². The molecule has 1 N–H and O–H groups in total. The van der Waals surface area contributed by atoms with Crippen molar-refractivity contribution in [2.24, 2.45) is 0 Å². The van der Waals surface area contributed by atoms with Gasteiger partial charge in [-0.2, -0.15) is 13.2 Å². The second-order valence-electron chi connectivity index (χ2n) is 7.07. The normalized spacial score (nSPS) is 20.7. The van der Waals surface area contributed by atoms with Crippen LogP contribution in [0.4, 0.5) is 23.7 Å². The fourth-order valence-corrected chi connectivity index (χ4v) is 3.87. The Bertz CT molecular complexity index is 1070. The van der Waals surface area contributed by atoms with E-state index in [9.17, 15) is 22.8 Å². The molecule has 2 aromatic rings. The van der Waals surface area contributed by atoms with E-state index in [0.717, 1.165) is 29.7 Å². The molecule has 2 atom stereocenters. The van der Waals surface area contributed by atoms with Crippen LogP contribution in [0.15, 0.2) is 36.4 Å². The Labute approximate surface area is 169 Å². The minimum atomic E-state index is -4.67. The third-order valence-electron chi connectivity index (χ3n) is 5.18. The highest BCUT2D eigenvalue weighted by atomic mass is 19.4. The smallest absolute Gasteiger partial charge is 0.418 e. The number of hydrogen-bond acceptors (Lipinski definition) is 4. The molecule has 2 aliphatic rings. The van der Waals surface area contributed by atoms with Crippen molar-refractivity contribution in [2.45, 2.75) is 37.5 Å². The van der Waals surface area contributed by atoms with E-state index in [2.05, 4.69) is 10.2 Å². The highest BCUT2D eigenvalue weighted by molar-refractivity contribution is 6.00. The Hall–Kier alpha value is -3.54. The lowest BCUT2D eigenvalue weighted by atomic mass is 9.79. The fourth-order valence-electron chi connectivity index (χ4n) is 3.87. The summed E-state index contributed by atoms with van der Waals surface area (Å²) in [6.07, 6.45) is -4.32. The second kappa shape index (κ2) is 7.37. The maximum absolute atomic E-state index is 13.4. The molecule has 9 heteroatoms. The number of carbonyl (C=O) groups is 2. The summed E-state index contributed by atoms with van der Waals surface area (Å²) >= 11 is 0. The zero-order valence-electron chi connectivity index (χ0n) is 15.5. The largest absolute Gasteiger partial charge is 0.457 e. The van der Waals surface area contributed by atoms with Gasteiger partial charge >= 0.3 is 12.3 Å². The summed E-state index contributed by atoms with van der Waals surface area (Å²) < 4.78 is 50.7. The van der Waals surface area contributed by atoms with Crippen molar-refractivity contribution >= 4 is 17.7 Å². The van der Waals surface area contributed by atoms with Gasteiger partial charge < -0.3 is 9.47 Å². The fraction of sp³-hybridized carbons (Fsp3) is 0.286. The quantitative estimate of drug-likeness (QED) is 0.707. The molecule has 0 unspecified atom stereocenters. The molecule has 0 spiro atoms. The number of nitrogens with zero attached hydrogens (tertiary/aromatic N) is 1. The van der Waals surface area contributed by atoms with Crippen LogP contribution in [0.3, 0.4) is 0 Å². The summed E-state index contributed by atoms with van der Waals surface area (Å²) in [6, 6.07) is 7.99. The van der Waals surface area contributed by atoms with E-state index < -0.39 is 35.6 Å². The number of hydrogen-bond donors (Lipinski definition) is 1. The first kappa shape index (κ1) is 19.8. The summed E-state index contributed by atoms with van der Waals surface area (Å²) in [7, 11) is 0. The number of halogens is 3. The van der Waals surface area contributed by atoms with Crippen molar-refractivity contribution in [2.75, 3.05) is 0 Å². The number of aryl methyl sites for hydroxylation is 1. The SMILES string of the molecule is [C-]#[N+]c1ccc(Oc2ccc3c(c2)CCC[C@H]3[C@H]2OC(=O)NC2=O)c(C(F)(F)F)c1. The number of cyclic esters (lactones) is 1. The molecule has 2 amide bonds. The number of rotatable bonds is 3. The van der Waals surface area contributed by atoms with Crippen LogP contribution in [0.5, 0.6) is 11.5 Å². The summed E-state index contributed by atoms with van der Waals surface area (Å²) in [4.78, 5) is 26.4. The van der Waals surface area contributed by atoms with Gasteiger partial charge in [0.05, 0.1) is 12.1 Å². The number of benzene rings is 2. The van der Waals surface area contributed by atoms with Gasteiger partial charge in [-0.15, -0.1) is 0 Å². The molecule has 6 nitrogen and oxygen atoms in total. The second-order valence-corrected chi connectivity index (χ2v) is 7.07. The molecule has 0 aromatic heterocycles. The number of alkyl carbamates (subject to hydrolysis) is 1. The summed E-state index contributed by atoms with van der Waals surface area (Å²) in [5, 5.41) is 2.12. The Morgan fingerprint density at radius 3 is 2.63 bits per heavy atom. The van der Waals surface area contributed by atoms with Crippen LogP contribution in [0, 0.1) is 6.57 Å². The summed E-state index contributed by atoms with van der Waals surface area (Å²) in [6.45, 7) is 6.91. The topological polar surface area (TPSA) is 69.0 Å². The number of carbonyl (C=O) groups excluding carboxylic acids is 2. The minimum Gasteiger partial charge on any atom is -0.457 e. The third-order valence-corrected chi connectivity index (χ3v) is 5.18. The molecule has 154 valence electrons. The number of amides is 2. The molecule has 1 aliphatic carbocycles. The Morgan fingerprint density at radius 2 is 1.97 bits per heavy atom. The van der Waals surface area contributed by atoms with E-state index >= 15 is 0 Å². The molecular formula is C21H15F3N2O4. The number of ether oxygens (including phenoxy) is 2. The summed E-state index contributed by atoms with van der Waals surface area (Å²) in [5.41, 5.74) is 0.474. The molecule has 1 aliphatic heterocycles. The van der Waals surface area contributed by atoms with E-state index in [1.54, 1.807) is 12.1 Å². The van der Waals surface area contributed by atoms with Gasteiger partial charge in [0, 0.05) is 5.92 Å². The molecule has 1 saturated heterocycles. The third kappa shape index (κ3) is 3.68. The predicted molar refractivity (Wildman–Crippen MR) is 98.3 cm³/mol. The average molecular weight is 416 g/mol. The molecule has 1 heterocycles. The molecular weight excluding hydrogens is 401 g/mol. The van der Waals surface area contributed by atoms with Crippen molar-refractivity contribution in [1.29, 1.82) is 0 Å². The molecule has 0 saturated carbocycles. The monoisotopic (exact) mass is 416 g/mol. The number of nitrogens with one attached hydrogen (secondary N) is 1. The lowest BCUT2D eigenvalue weighted by Gasteiger charge is -2.28. The van der Waals surface area contributed by atoms with E-state index in [-0.39, 0.29) is 17.4 Å². The van der Waals surface area contributed by atoms with Gasteiger partial charge in [0.25, 0.3) is 5.91 Å². The zero-order valence-corrected chi connectivity index (χ0v) is 15.5. The van der Waals surface area contributed by atoms with Crippen LogP contribution in [0.2, 0.25) is 0 Å². The Balaban J connectivity index is 1.64. The lowest BCUT2D eigenvalue weighted by molar-refractivity contribution is -0.138. The van der Waals surface area contributed by atoms with Crippen LogP contribution in [-0.2, 0) is 22.1 Å². The van der Waals surface area contributed by atoms with Crippen LogP contribution in [-0.4, -0.2) is 18.1 Å². The van der Waals surface area contributed by atoms with Gasteiger partial charge in [-0.05, 0) is 54.7 Å². The average Bonchev–Trinajstić information content (AvgIpc) is 3.04. The molecule has 1 fully saturated rings. The van der Waals surface area contributed by atoms with Gasteiger partial charge in [-0.1, -0.05) is 12.1 Å². The van der Waals surface area contributed by atoms with Crippen molar-refractivity contribution in [3.63, 3.8) is 0 Å². The van der Waals surface area contributed by atoms with Crippen LogP contribution in [0.1, 0.15) is 35.4 Å². The Morgan fingerprint density at radius 1 is 1.17 bits per heavy atom. The first-order chi connectivity index (χ1) is 14.3. The van der Waals surface area contributed by atoms with Crippen LogP contribution >= 0.6 is 0 Å². The lowest BCUT2D eigenvalue weighted by Crippen LogP contribution is -2.31. The highest BCUT2D eigenvalue weighted by Crippen LogP contribution is 2.42. The van der Waals surface area contributed by atoms with Crippen molar-refractivity contribution in [3.8, 4) is 11.5 Å². The minimum absolute atomic E-state index is 0.132. The van der Waals surface area contributed by atoms with Crippen molar-refractivity contribution < 1.29 is 32.2 Å².